The number of nitrogens with one attached hydrogen (secondary N) is 1. The molecule has 4 nitrogen and oxygen atoms in total. The highest BCUT2D eigenvalue weighted by atomic mass is 15.2. The molecule has 1 aliphatic rings. The van der Waals surface area contributed by atoms with E-state index in [1.165, 1.54) is 18.4 Å². The molecule has 1 fully saturated rings. The van der Waals surface area contributed by atoms with Crippen LogP contribution in [0.3, 0.4) is 0 Å². The smallest absolute Gasteiger partial charge is 0.0537 e. The molecular formula is C10H18N4. The van der Waals surface area contributed by atoms with E-state index >= 15 is 0 Å². The highest BCUT2D eigenvalue weighted by molar-refractivity contribution is 5.11. The largest absolute Gasteiger partial charge is 0.330 e. The fourth-order valence-corrected chi connectivity index (χ4v) is 2.02. The number of aromatic nitrogens is 2. The summed E-state index contributed by atoms with van der Waals surface area (Å²) < 4.78 is 1.85. The van der Waals surface area contributed by atoms with Crippen LogP contribution < -0.4 is 11.1 Å². The lowest BCUT2D eigenvalue weighted by atomic mass is 9.92. The lowest BCUT2D eigenvalue weighted by Gasteiger charge is -2.28. The SMILES string of the molecule is Cn1cc(C2CCC(CN)CN2)cn1. The summed E-state index contributed by atoms with van der Waals surface area (Å²) in [6.07, 6.45) is 6.43. The third-order valence-corrected chi connectivity index (χ3v) is 2.98. The van der Waals surface area contributed by atoms with Gasteiger partial charge in [-0.3, -0.25) is 4.68 Å². The fourth-order valence-electron chi connectivity index (χ4n) is 2.02. The number of piperidine rings is 1. The van der Waals surface area contributed by atoms with Crippen LogP contribution in [0.4, 0.5) is 0 Å². The van der Waals surface area contributed by atoms with Crippen LogP contribution in [0.25, 0.3) is 0 Å². The fraction of sp³-hybridized carbons (Fsp3) is 0.700. The second-order valence-electron chi connectivity index (χ2n) is 4.09. The van der Waals surface area contributed by atoms with Gasteiger partial charge in [-0.1, -0.05) is 0 Å². The molecule has 0 bridgehead atoms. The predicted molar refractivity (Wildman–Crippen MR) is 55.7 cm³/mol. The van der Waals surface area contributed by atoms with Crippen molar-refractivity contribution >= 4 is 0 Å². The van der Waals surface area contributed by atoms with Gasteiger partial charge in [-0.25, -0.2) is 0 Å². The van der Waals surface area contributed by atoms with Crippen LogP contribution >= 0.6 is 0 Å². The Bertz CT molecular complexity index is 286. The molecule has 0 saturated carbocycles. The molecule has 1 aromatic rings. The number of nitrogens with zero attached hydrogens (tertiary/aromatic N) is 2. The van der Waals surface area contributed by atoms with E-state index in [0.717, 1.165) is 13.1 Å². The first-order valence-corrected chi connectivity index (χ1v) is 5.21. The van der Waals surface area contributed by atoms with Gasteiger partial charge in [-0.05, 0) is 31.8 Å². The van der Waals surface area contributed by atoms with Gasteiger partial charge in [0.25, 0.3) is 0 Å². The molecule has 0 amide bonds. The summed E-state index contributed by atoms with van der Waals surface area (Å²) in [5, 5.41) is 7.70. The lowest BCUT2D eigenvalue weighted by Crippen LogP contribution is -2.36. The van der Waals surface area contributed by atoms with Crippen molar-refractivity contribution in [3.05, 3.63) is 18.0 Å². The molecule has 1 aliphatic heterocycles. The van der Waals surface area contributed by atoms with Crippen molar-refractivity contribution in [2.75, 3.05) is 13.1 Å². The number of hydrogen-bond donors (Lipinski definition) is 2. The molecular weight excluding hydrogens is 176 g/mol. The minimum absolute atomic E-state index is 0.478. The standard InChI is InChI=1S/C10H18N4/c1-14-7-9(6-13-14)10-3-2-8(4-11)5-12-10/h6-8,10,12H,2-5,11H2,1H3. The molecule has 14 heavy (non-hydrogen) atoms. The normalized spacial score (nSPS) is 27.9. The maximum Gasteiger partial charge on any atom is 0.0537 e. The highest BCUT2D eigenvalue weighted by Gasteiger charge is 2.21. The number of aryl methyl sites for hydroxylation is 1. The zero-order chi connectivity index (χ0) is 9.97. The van der Waals surface area contributed by atoms with Gasteiger partial charge in [0, 0.05) is 24.8 Å². The van der Waals surface area contributed by atoms with Crippen molar-refractivity contribution in [3.63, 3.8) is 0 Å². The van der Waals surface area contributed by atoms with Gasteiger partial charge in [-0.15, -0.1) is 0 Å². The minimum atomic E-state index is 0.478. The Morgan fingerprint density at radius 1 is 1.64 bits per heavy atom. The maximum absolute atomic E-state index is 5.64. The monoisotopic (exact) mass is 194 g/mol. The van der Waals surface area contributed by atoms with E-state index in [0.29, 0.717) is 12.0 Å². The van der Waals surface area contributed by atoms with E-state index in [4.69, 9.17) is 5.73 Å². The first kappa shape index (κ1) is 9.68. The molecule has 2 unspecified atom stereocenters. The van der Waals surface area contributed by atoms with Crippen molar-refractivity contribution in [1.82, 2.24) is 15.1 Å². The molecule has 2 atom stereocenters. The quantitative estimate of drug-likeness (QED) is 0.717. The average molecular weight is 194 g/mol. The molecule has 4 heteroatoms. The summed E-state index contributed by atoms with van der Waals surface area (Å²) in [6.45, 7) is 1.84. The van der Waals surface area contributed by atoms with E-state index < -0.39 is 0 Å². The molecule has 1 saturated heterocycles. The topological polar surface area (TPSA) is 55.9 Å². The average Bonchev–Trinajstić information content (AvgIpc) is 2.65. The van der Waals surface area contributed by atoms with Gasteiger partial charge < -0.3 is 11.1 Å². The van der Waals surface area contributed by atoms with E-state index in [2.05, 4.69) is 16.6 Å². The molecule has 78 valence electrons. The van der Waals surface area contributed by atoms with Crippen LogP contribution in [-0.4, -0.2) is 22.9 Å². The zero-order valence-electron chi connectivity index (χ0n) is 8.61. The van der Waals surface area contributed by atoms with E-state index in [9.17, 15) is 0 Å². The Hall–Kier alpha value is -0.870. The molecule has 2 heterocycles. The molecule has 0 spiro atoms. The van der Waals surface area contributed by atoms with Crippen molar-refractivity contribution in [2.45, 2.75) is 18.9 Å². The summed E-state index contributed by atoms with van der Waals surface area (Å²) in [4.78, 5) is 0. The first-order chi connectivity index (χ1) is 6.79. The van der Waals surface area contributed by atoms with Gasteiger partial charge in [0.15, 0.2) is 0 Å². The van der Waals surface area contributed by atoms with Gasteiger partial charge in [0.05, 0.1) is 6.20 Å². The summed E-state index contributed by atoms with van der Waals surface area (Å²) in [7, 11) is 1.95. The Morgan fingerprint density at radius 3 is 3.00 bits per heavy atom. The van der Waals surface area contributed by atoms with Crippen LogP contribution in [-0.2, 0) is 7.05 Å². The zero-order valence-corrected chi connectivity index (χ0v) is 8.61. The Kier molecular flexibility index (Phi) is 2.84. The summed E-state index contributed by atoms with van der Waals surface area (Å²) in [6, 6.07) is 0.478. The van der Waals surface area contributed by atoms with Crippen LogP contribution in [0.1, 0.15) is 24.4 Å². The van der Waals surface area contributed by atoms with E-state index in [1.807, 2.05) is 17.9 Å². The van der Waals surface area contributed by atoms with Gasteiger partial charge in [-0.2, -0.15) is 5.10 Å². The summed E-state index contributed by atoms with van der Waals surface area (Å²) in [5.74, 6) is 0.655. The third kappa shape index (κ3) is 1.96. The van der Waals surface area contributed by atoms with Crippen molar-refractivity contribution < 1.29 is 0 Å². The number of nitrogens with two attached hydrogens (primary N) is 1. The second-order valence-corrected chi connectivity index (χ2v) is 4.09. The lowest BCUT2D eigenvalue weighted by molar-refractivity contribution is 0.320. The van der Waals surface area contributed by atoms with Gasteiger partial charge >= 0.3 is 0 Å². The third-order valence-electron chi connectivity index (χ3n) is 2.98. The molecule has 0 aromatic carbocycles. The summed E-state index contributed by atoms with van der Waals surface area (Å²) in [5.41, 5.74) is 6.93. The number of hydrogen-bond acceptors (Lipinski definition) is 3. The van der Waals surface area contributed by atoms with E-state index in [1.54, 1.807) is 0 Å². The van der Waals surface area contributed by atoms with Gasteiger partial charge in [0.2, 0.25) is 0 Å². The van der Waals surface area contributed by atoms with E-state index in [-0.39, 0.29) is 0 Å². The summed E-state index contributed by atoms with van der Waals surface area (Å²) >= 11 is 0. The van der Waals surface area contributed by atoms with Crippen molar-refractivity contribution in [2.24, 2.45) is 18.7 Å². The van der Waals surface area contributed by atoms with Crippen LogP contribution in [0, 0.1) is 5.92 Å². The highest BCUT2D eigenvalue weighted by Crippen LogP contribution is 2.24. The molecule has 0 radical (unpaired) electrons. The molecule has 1 aromatic heterocycles. The first-order valence-electron chi connectivity index (χ1n) is 5.21. The Labute approximate surface area is 84.5 Å². The van der Waals surface area contributed by atoms with Crippen molar-refractivity contribution in [3.8, 4) is 0 Å². The maximum atomic E-state index is 5.64. The molecule has 3 N–H and O–H groups in total. The Balaban J connectivity index is 1.95. The minimum Gasteiger partial charge on any atom is -0.330 e. The van der Waals surface area contributed by atoms with Crippen LogP contribution in [0.2, 0.25) is 0 Å². The second kappa shape index (κ2) is 4.11. The predicted octanol–water partition coefficient (Wildman–Crippen LogP) is 0.420. The Morgan fingerprint density at radius 2 is 2.50 bits per heavy atom. The molecule has 2 rings (SSSR count). The molecule has 0 aliphatic carbocycles. The van der Waals surface area contributed by atoms with Crippen molar-refractivity contribution in [1.29, 1.82) is 0 Å². The van der Waals surface area contributed by atoms with Crippen LogP contribution in [0.15, 0.2) is 12.4 Å². The van der Waals surface area contributed by atoms with Crippen LogP contribution in [0.5, 0.6) is 0 Å². The van der Waals surface area contributed by atoms with Gasteiger partial charge in [0.1, 0.15) is 0 Å². The number of rotatable bonds is 2.